The Morgan fingerprint density at radius 1 is 1.32 bits per heavy atom. The summed E-state index contributed by atoms with van der Waals surface area (Å²) in [6, 6.07) is 1.78. The molecule has 0 bridgehead atoms. The first-order valence-electron chi connectivity index (χ1n) is 8.16. The summed E-state index contributed by atoms with van der Waals surface area (Å²) in [6.45, 7) is 1.17. The number of aromatic nitrogens is 6. The zero-order chi connectivity index (χ0) is 17.1. The summed E-state index contributed by atoms with van der Waals surface area (Å²) in [6.07, 6.45) is 7.26. The summed E-state index contributed by atoms with van der Waals surface area (Å²) in [5, 5.41) is 9.94. The van der Waals surface area contributed by atoms with Crippen LogP contribution in [0.3, 0.4) is 0 Å². The van der Waals surface area contributed by atoms with Crippen molar-refractivity contribution in [2.75, 3.05) is 6.54 Å². The van der Waals surface area contributed by atoms with Gasteiger partial charge in [0, 0.05) is 37.2 Å². The molecule has 3 aromatic rings. The molecule has 0 saturated heterocycles. The van der Waals surface area contributed by atoms with Crippen LogP contribution in [0, 0.1) is 5.92 Å². The van der Waals surface area contributed by atoms with Crippen molar-refractivity contribution in [2.24, 2.45) is 5.92 Å². The largest absolute Gasteiger partial charge is 0.355 e. The molecule has 9 heteroatoms. The molecule has 1 atom stereocenters. The van der Waals surface area contributed by atoms with Crippen LogP contribution >= 0.6 is 11.3 Å². The van der Waals surface area contributed by atoms with Gasteiger partial charge < -0.3 is 5.32 Å². The van der Waals surface area contributed by atoms with Crippen molar-refractivity contribution in [2.45, 2.75) is 25.8 Å². The highest BCUT2D eigenvalue weighted by atomic mass is 32.1. The molecule has 0 radical (unpaired) electrons. The van der Waals surface area contributed by atoms with Gasteiger partial charge in [0.25, 0.3) is 0 Å². The standard InChI is InChI=1S/C16H17N7OS/c24-15(11-2-3-13-20-10-21-23(13)8-11)19-7-4-12-9-25-16(22-12)14-17-5-1-6-18-14/h1,5-6,9-11H,2-4,7-8H2,(H,19,24). The number of aryl methyl sites for hydroxylation is 1. The smallest absolute Gasteiger partial charge is 0.225 e. The molecule has 1 aliphatic heterocycles. The van der Waals surface area contributed by atoms with Gasteiger partial charge in [-0.15, -0.1) is 11.3 Å². The predicted octanol–water partition coefficient (Wildman–Crippen LogP) is 1.11. The van der Waals surface area contributed by atoms with Gasteiger partial charge in [-0.1, -0.05) is 0 Å². The van der Waals surface area contributed by atoms with E-state index in [1.165, 1.54) is 11.3 Å². The Morgan fingerprint density at radius 3 is 3.08 bits per heavy atom. The molecule has 1 aliphatic rings. The van der Waals surface area contributed by atoms with Gasteiger partial charge in [0.1, 0.15) is 12.2 Å². The lowest BCUT2D eigenvalue weighted by molar-refractivity contribution is -0.126. The summed E-state index contributed by atoms with van der Waals surface area (Å²) in [4.78, 5) is 29.5. The molecule has 0 aromatic carbocycles. The van der Waals surface area contributed by atoms with Crippen LogP contribution in [0.25, 0.3) is 10.8 Å². The maximum Gasteiger partial charge on any atom is 0.225 e. The molecule has 0 spiro atoms. The second-order valence-electron chi connectivity index (χ2n) is 5.85. The van der Waals surface area contributed by atoms with Crippen LogP contribution in [0.2, 0.25) is 0 Å². The van der Waals surface area contributed by atoms with Crippen LogP contribution in [-0.4, -0.2) is 42.2 Å². The first-order valence-corrected chi connectivity index (χ1v) is 9.04. The van der Waals surface area contributed by atoms with Crippen molar-refractivity contribution < 1.29 is 4.79 Å². The molecule has 25 heavy (non-hydrogen) atoms. The molecule has 0 fully saturated rings. The second-order valence-corrected chi connectivity index (χ2v) is 6.71. The average molecular weight is 355 g/mol. The van der Waals surface area contributed by atoms with Crippen LogP contribution in [0.5, 0.6) is 0 Å². The van der Waals surface area contributed by atoms with Crippen molar-refractivity contribution in [3.63, 3.8) is 0 Å². The molecule has 3 aromatic heterocycles. The Morgan fingerprint density at radius 2 is 2.20 bits per heavy atom. The highest BCUT2D eigenvalue weighted by Crippen LogP contribution is 2.20. The van der Waals surface area contributed by atoms with E-state index in [4.69, 9.17) is 0 Å². The van der Waals surface area contributed by atoms with Crippen LogP contribution < -0.4 is 5.32 Å². The van der Waals surface area contributed by atoms with Crippen LogP contribution in [0.4, 0.5) is 0 Å². The monoisotopic (exact) mass is 355 g/mol. The first-order chi connectivity index (χ1) is 12.3. The lowest BCUT2D eigenvalue weighted by atomic mass is 9.99. The highest BCUT2D eigenvalue weighted by Gasteiger charge is 2.25. The van der Waals surface area contributed by atoms with Gasteiger partial charge in [-0.2, -0.15) is 5.10 Å². The van der Waals surface area contributed by atoms with Gasteiger partial charge in [-0.25, -0.2) is 24.6 Å². The number of thiazole rings is 1. The van der Waals surface area contributed by atoms with E-state index in [-0.39, 0.29) is 11.8 Å². The third-order valence-electron chi connectivity index (χ3n) is 4.17. The van der Waals surface area contributed by atoms with Crippen LogP contribution in [0.15, 0.2) is 30.2 Å². The van der Waals surface area contributed by atoms with Gasteiger partial charge in [0.05, 0.1) is 18.2 Å². The van der Waals surface area contributed by atoms with Gasteiger partial charge in [0.2, 0.25) is 5.91 Å². The number of nitrogens with one attached hydrogen (secondary N) is 1. The zero-order valence-corrected chi connectivity index (χ0v) is 14.3. The lowest BCUT2D eigenvalue weighted by Crippen LogP contribution is -2.37. The second kappa shape index (κ2) is 7.06. The molecular weight excluding hydrogens is 338 g/mol. The summed E-state index contributed by atoms with van der Waals surface area (Å²) in [5.74, 6) is 1.62. The zero-order valence-electron chi connectivity index (χ0n) is 13.5. The van der Waals surface area contributed by atoms with Crippen LogP contribution in [0.1, 0.15) is 17.9 Å². The van der Waals surface area contributed by atoms with Crippen molar-refractivity contribution in [3.05, 3.63) is 41.7 Å². The fraction of sp³-hybridized carbons (Fsp3) is 0.375. The number of amides is 1. The third-order valence-corrected chi connectivity index (χ3v) is 5.05. The molecule has 128 valence electrons. The van der Waals surface area contributed by atoms with Crippen molar-refractivity contribution in [3.8, 4) is 10.8 Å². The Labute approximate surface area is 148 Å². The number of fused-ring (bicyclic) bond motifs is 1. The number of carbonyl (C=O) groups is 1. The van der Waals surface area contributed by atoms with E-state index in [0.29, 0.717) is 25.3 Å². The average Bonchev–Trinajstić information content (AvgIpc) is 3.31. The number of hydrogen-bond acceptors (Lipinski definition) is 7. The summed E-state index contributed by atoms with van der Waals surface area (Å²) in [5.41, 5.74) is 0.940. The van der Waals surface area contributed by atoms with E-state index in [9.17, 15) is 4.79 Å². The molecule has 1 N–H and O–H groups in total. The Hall–Kier alpha value is -2.68. The quantitative estimate of drug-likeness (QED) is 0.736. The van der Waals surface area contributed by atoms with E-state index >= 15 is 0 Å². The van der Waals surface area contributed by atoms with Gasteiger partial charge in [0.15, 0.2) is 10.8 Å². The number of hydrogen-bond donors (Lipinski definition) is 1. The van der Waals surface area contributed by atoms with Crippen molar-refractivity contribution in [1.29, 1.82) is 0 Å². The molecule has 1 unspecified atom stereocenters. The van der Waals surface area contributed by atoms with Gasteiger partial charge >= 0.3 is 0 Å². The SMILES string of the molecule is O=C(NCCc1csc(-c2ncccn2)n1)C1CCc2ncnn2C1. The molecule has 0 saturated carbocycles. The molecule has 1 amide bonds. The van der Waals surface area contributed by atoms with Crippen molar-refractivity contribution >= 4 is 17.2 Å². The lowest BCUT2D eigenvalue weighted by Gasteiger charge is -2.21. The predicted molar refractivity (Wildman–Crippen MR) is 91.7 cm³/mol. The topological polar surface area (TPSA) is 98.5 Å². The van der Waals surface area contributed by atoms with Crippen molar-refractivity contribution in [1.82, 2.24) is 35.0 Å². The highest BCUT2D eigenvalue weighted by molar-refractivity contribution is 7.13. The summed E-state index contributed by atoms with van der Waals surface area (Å²) in [7, 11) is 0. The minimum absolute atomic E-state index is 0.0436. The number of nitrogens with zero attached hydrogens (tertiary/aromatic N) is 6. The van der Waals surface area contributed by atoms with E-state index < -0.39 is 0 Å². The number of rotatable bonds is 5. The summed E-state index contributed by atoms with van der Waals surface area (Å²) < 4.78 is 1.82. The maximum atomic E-state index is 12.3. The fourth-order valence-corrected chi connectivity index (χ4v) is 3.64. The molecule has 8 nitrogen and oxygen atoms in total. The third kappa shape index (κ3) is 3.55. The van der Waals surface area contributed by atoms with Gasteiger partial charge in [-0.05, 0) is 12.5 Å². The van der Waals surface area contributed by atoms with E-state index in [0.717, 1.165) is 29.4 Å². The maximum absolute atomic E-state index is 12.3. The molecular formula is C16H17N7OS. The Bertz CT molecular complexity index is 860. The molecule has 0 aliphatic carbocycles. The summed E-state index contributed by atoms with van der Waals surface area (Å²) >= 11 is 1.52. The van der Waals surface area contributed by atoms with E-state index in [1.807, 2.05) is 10.1 Å². The van der Waals surface area contributed by atoms with E-state index in [2.05, 4.69) is 30.4 Å². The van der Waals surface area contributed by atoms with Crippen LogP contribution in [-0.2, 0) is 24.2 Å². The fourth-order valence-electron chi connectivity index (χ4n) is 2.84. The first kappa shape index (κ1) is 15.8. The van der Waals surface area contributed by atoms with E-state index in [1.54, 1.807) is 24.8 Å². The minimum atomic E-state index is -0.0436. The molecule has 4 rings (SSSR count). The minimum Gasteiger partial charge on any atom is -0.355 e. The normalized spacial score (nSPS) is 16.4. The Kier molecular flexibility index (Phi) is 4.47. The molecule has 4 heterocycles. The van der Waals surface area contributed by atoms with Gasteiger partial charge in [-0.3, -0.25) is 4.79 Å². The number of carbonyl (C=O) groups excluding carboxylic acids is 1. The Balaban J connectivity index is 1.28.